The predicted molar refractivity (Wildman–Crippen MR) is 109 cm³/mol. The van der Waals surface area contributed by atoms with Gasteiger partial charge in [-0.1, -0.05) is 16.6 Å². The zero-order valence-electron chi connectivity index (χ0n) is 16.2. The Hall–Kier alpha value is -2.80. The Bertz CT molecular complexity index is 1120. The Morgan fingerprint density at radius 2 is 2.07 bits per heavy atom. The Morgan fingerprint density at radius 3 is 2.82 bits per heavy atom. The summed E-state index contributed by atoms with van der Waals surface area (Å²) in [6.45, 7) is 4.06. The molecule has 6 nitrogen and oxygen atoms in total. The molecule has 0 bridgehead atoms. The SMILES string of the molecule is Cc1ccn(-c2cccc3c2CCC3)c(=O)c1C(=O)N(C)Cc1snnc1C. The minimum atomic E-state index is -0.280. The van der Waals surface area contributed by atoms with E-state index in [1.165, 1.54) is 22.7 Å². The first kappa shape index (κ1) is 18.6. The van der Waals surface area contributed by atoms with Crippen molar-refractivity contribution in [2.75, 3.05) is 7.05 Å². The summed E-state index contributed by atoms with van der Waals surface area (Å²) in [5.74, 6) is -0.280. The second kappa shape index (κ2) is 7.31. The van der Waals surface area contributed by atoms with Gasteiger partial charge in [0.05, 0.1) is 22.8 Å². The van der Waals surface area contributed by atoms with Crippen molar-refractivity contribution < 1.29 is 4.79 Å². The van der Waals surface area contributed by atoms with E-state index in [1.807, 2.05) is 32.0 Å². The number of hydrogen-bond acceptors (Lipinski definition) is 5. The normalized spacial score (nSPS) is 12.8. The third-order valence-corrected chi connectivity index (χ3v) is 6.18. The first-order valence-electron chi connectivity index (χ1n) is 9.34. The molecule has 0 fully saturated rings. The maximum absolute atomic E-state index is 13.3. The Morgan fingerprint density at radius 1 is 1.25 bits per heavy atom. The molecule has 0 spiro atoms. The van der Waals surface area contributed by atoms with E-state index in [9.17, 15) is 9.59 Å². The number of hydrogen-bond donors (Lipinski definition) is 0. The van der Waals surface area contributed by atoms with E-state index in [0.717, 1.165) is 35.5 Å². The molecular weight excluding hydrogens is 372 g/mol. The summed E-state index contributed by atoms with van der Waals surface area (Å²) in [5, 5.41) is 3.99. The van der Waals surface area contributed by atoms with Gasteiger partial charge in [0.1, 0.15) is 5.56 Å². The first-order valence-corrected chi connectivity index (χ1v) is 10.1. The molecule has 0 saturated carbocycles. The number of aryl methyl sites for hydroxylation is 3. The van der Waals surface area contributed by atoms with Crippen molar-refractivity contribution in [3.8, 4) is 5.69 Å². The highest BCUT2D eigenvalue weighted by Crippen LogP contribution is 2.27. The summed E-state index contributed by atoms with van der Waals surface area (Å²) in [7, 11) is 1.71. The zero-order valence-corrected chi connectivity index (χ0v) is 17.0. The maximum atomic E-state index is 13.3. The smallest absolute Gasteiger partial charge is 0.268 e. The number of nitrogens with zero attached hydrogens (tertiary/aromatic N) is 4. The molecule has 7 heteroatoms. The number of rotatable bonds is 4. The Labute approximate surface area is 167 Å². The molecule has 0 aliphatic heterocycles. The van der Waals surface area contributed by atoms with E-state index in [1.54, 1.807) is 22.7 Å². The molecule has 0 saturated heterocycles. The van der Waals surface area contributed by atoms with Crippen LogP contribution in [0.4, 0.5) is 0 Å². The van der Waals surface area contributed by atoms with Gasteiger partial charge < -0.3 is 4.90 Å². The van der Waals surface area contributed by atoms with Crippen LogP contribution in [0.3, 0.4) is 0 Å². The lowest BCUT2D eigenvalue weighted by atomic mass is 10.1. The standard InChI is InChI=1S/C21H22N4O2S/c1-13-10-11-25(17-9-5-7-15-6-4-8-16(15)17)21(27)19(13)20(26)24(3)12-18-14(2)22-23-28-18/h5,7,9-11H,4,6,8,12H2,1-3H3. The van der Waals surface area contributed by atoms with Gasteiger partial charge in [-0.25, -0.2) is 0 Å². The van der Waals surface area contributed by atoms with E-state index in [-0.39, 0.29) is 17.0 Å². The summed E-state index contributed by atoms with van der Waals surface area (Å²) in [6, 6.07) is 7.91. The Balaban J connectivity index is 1.74. The number of pyridine rings is 1. The lowest BCUT2D eigenvalue weighted by molar-refractivity contribution is 0.0783. The van der Waals surface area contributed by atoms with Crippen molar-refractivity contribution in [1.82, 2.24) is 19.1 Å². The molecule has 0 unspecified atom stereocenters. The Kier molecular flexibility index (Phi) is 4.85. The predicted octanol–water partition coefficient (Wildman–Crippen LogP) is 3.07. The van der Waals surface area contributed by atoms with Crippen LogP contribution in [-0.2, 0) is 19.4 Å². The molecule has 1 aromatic carbocycles. The number of aromatic nitrogens is 3. The average Bonchev–Trinajstić information content (AvgIpc) is 3.31. The number of fused-ring (bicyclic) bond motifs is 1. The van der Waals surface area contributed by atoms with Crippen LogP contribution < -0.4 is 5.56 Å². The van der Waals surface area contributed by atoms with Crippen LogP contribution in [0.1, 0.15) is 44.0 Å². The first-order chi connectivity index (χ1) is 13.5. The maximum Gasteiger partial charge on any atom is 0.268 e. The van der Waals surface area contributed by atoms with Crippen molar-refractivity contribution in [1.29, 1.82) is 0 Å². The molecule has 0 atom stereocenters. The minimum absolute atomic E-state index is 0.218. The van der Waals surface area contributed by atoms with E-state index >= 15 is 0 Å². The fourth-order valence-electron chi connectivity index (χ4n) is 3.78. The van der Waals surface area contributed by atoms with Gasteiger partial charge in [-0.05, 0) is 73.5 Å². The quantitative estimate of drug-likeness (QED) is 0.682. The average molecular weight is 395 g/mol. The molecule has 2 heterocycles. The van der Waals surface area contributed by atoms with Crippen LogP contribution in [-0.4, -0.2) is 32.0 Å². The van der Waals surface area contributed by atoms with Gasteiger partial charge >= 0.3 is 0 Å². The van der Waals surface area contributed by atoms with Gasteiger partial charge in [-0.3, -0.25) is 14.2 Å². The molecule has 1 amide bonds. The highest BCUT2D eigenvalue weighted by Gasteiger charge is 2.23. The lowest BCUT2D eigenvalue weighted by Gasteiger charge is -2.19. The molecule has 1 aliphatic carbocycles. The second-order valence-electron chi connectivity index (χ2n) is 7.26. The molecule has 1 aliphatic rings. The van der Waals surface area contributed by atoms with Gasteiger partial charge in [0.2, 0.25) is 0 Å². The van der Waals surface area contributed by atoms with Crippen LogP contribution in [0.5, 0.6) is 0 Å². The molecule has 28 heavy (non-hydrogen) atoms. The topological polar surface area (TPSA) is 68.1 Å². The van der Waals surface area contributed by atoms with Crippen LogP contribution in [0.15, 0.2) is 35.3 Å². The van der Waals surface area contributed by atoms with Gasteiger partial charge in [-0.2, -0.15) is 0 Å². The second-order valence-corrected chi connectivity index (χ2v) is 8.10. The van der Waals surface area contributed by atoms with E-state index < -0.39 is 0 Å². The van der Waals surface area contributed by atoms with Gasteiger partial charge in [0.25, 0.3) is 11.5 Å². The third-order valence-electron chi connectivity index (χ3n) is 5.37. The summed E-state index contributed by atoms with van der Waals surface area (Å²) < 4.78 is 5.54. The van der Waals surface area contributed by atoms with E-state index in [4.69, 9.17) is 0 Å². The third kappa shape index (κ3) is 3.16. The summed E-state index contributed by atoms with van der Waals surface area (Å²) >= 11 is 1.27. The van der Waals surface area contributed by atoms with Crippen LogP contribution >= 0.6 is 11.5 Å². The molecule has 144 valence electrons. The fourth-order valence-corrected chi connectivity index (χ4v) is 4.46. The zero-order chi connectivity index (χ0) is 19.8. The number of benzene rings is 1. The summed E-state index contributed by atoms with van der Waals surface area (Å²) in [5.41, 5.74) is 4.84. The lowest BCUT2D eigenvalue weighted by Crippen LogP contribution is -2.34. The number of amides is 1. The number of carbonyl (C=O) groups excluding carboxylic acids is 1. The monoisotopic (exact) mass is 394 g/mol. The largest absolute Gasteiger partial charge is 0.336 e. The van der Waals surface area contributed by atoms with Gasteiger partial charge in [0, 0.05) is 13.2 Å². The fraction of sp³-hybridized carbons (Fsp3) is 0.333. The summed E-state index contributed by atoms with van der Waals surface area (Å²) in [6.07, 6.45) is 4.89. The molecular formula is C21H22N4O2S. The number of carbonyl (C=O) groups is 1. The van der Waals surface area contributed by atoms with Crippen LogP contribution in [0.2, 0.25) is 0 Å². The molecule has 3 aromatic rings. The highest BCUT2D eigenvalue weighted by molar-refractivity contribution is 7.05. The molecule has 2 aromatic heterocycles. The van der Waals surface area contributed by atoms with Gasteiger partial charge in [0.15, 0.2) is 0 Å². The van der Waals surface area contributed by atoms with Crippen molar-refractivity contribution in [3.05, 3.63) is 73.6 Å². The van der Waals surface area contributed by atoms with E-state index in [0.29, 0.717) is 12.1 Å². The van der Waals surface area contributed by atoms with Crippen molar-refractivity contribution >= 4 is 17.4 Å². The van der Waals surface area contributed by atoms with E-state index in [2.05, 4.69) is 15.7 Å². The van der Waals surface area contributed by atoms with Crippen LogP contribution in [0, 0.1) is 13.8 Å². The summed E-state index contributed by atoms with van der Waals surface area (Å²) in [4.78, 5) is 28.9. The van der Waals surface area contributed by atoms with Gasteiger partial charge in [-0.15, -0.1) is 5.10 Å². The van der Waals surface area contributed by atoms with Crippen molar-refractivity contribution in [2.45, 2.75) is 39.7 Å². The highest BCUT2D eigenvalue weighted by atomic mass is 32.1. The minimum Gasteiger partial charge on any atom is -0.336 e. The van der Waals surface area contributed by atoms with Crippen molar-refractivity contribution in [3.63, 3.8) is 0 Å². The van der Waals surface area contributed by atoms with Crippen LogP contribution in [0.25, 0.3) is 5.69 Å². The van der Waals surface area contributed by atoms with Crippen molar-refractivity contribution in [2.24, 2.45) is 0 Å². The molecule has 0 radical (unpaired) electrons. The molecule has 4 rings (SSSR count). The molecule has 0 N–H and O–H groups in total.